The van der Waals surface area contributed by atoms with Crippen molar-refractivity contribution in [3.05, 3.63) is 70.2 Å². The van der Waals surface area contributed by atoms with Crippen molar-refractivity contribution in [1.29, 1.82) is 5.26 Å². The van der Waals surface area contributed by atoms with Gasteiger partial charge in [0.25, 0.3) is 0 Å². The van der Waals surface area contributed by atoms with Crippen molar-refractivity contribution in [1.82, 2.24) is 15.1 Å². The summed E-state index contributed by atoms with van der Waals surface area (Å²) in [6.07, 6.45) is 0. The number of amides is 1. The lowest BCUT2D eigenvalue weighted by molar-refractivity contribution is -0.126. The zero-order valence-corrected chi connectivity index (χ0v) is 16.8. The van der Waals surface area contributed by atoms with Gasteiger partial charge in [0.15, 0.2) is 0 Å². The van der Waals surface area contributed by atoms with Crippen LogP contribution in [0.3, 0.4) is 0 Å². The van der Waals surface area contributed by atoms with Crippen molar-refractivity contribution >= 4 is 17.5 Å². The number of halogens is 1. The Kier molecular flexibility index (Phi) is 7.05. The second-order valence-electron chi connectivity index (χ2n) is 7.14. The molecule has 3 rings (SSSR count). The van der Waals surface area contributed by atoms with E-state index in [1.54, 1.807) is 0 Å². The van der Waals surface area contributed by atoms with Crippen LogP contribution >= 0.6 is 11.6 Å². The molecule has 1 saturated heterocycles. The number of benzene rings is 2. The Bertz CT molecular complexity index is 821. The maximum absolute atomic E-state index is 12.5. The fraction of sp³-hybridized carbons (Fsp3) is 0.364. The predicted molar refractivity (Wildman–Crippen MR) is 111 cm³/mol. The van der Waals surface area contributed by atoms with Crippen molar-refractivity contribution in [2.45, 2.75) is 26.1 Å². The lowest BCUT2D eigenvalue weighted by atomic mass is 10.1. The van der Waals surface area contributed by atoms with E-state index in [2.05, 4.69) is 21.2 Å². The van der Waals surface area contributed by atoms with Crippen LogP contribution in [0.4, 0.5) is 0 Å². The Morgan fingerprint density at radius 1 is 1.07 bits per heavy atom. The first-order valence-electron chi connectivity index (χ1n) is 9.53. The minimum Gasteiger partial charge on any atom is -0.351 e. The van der Waals surface area contributed by atoms with E-state index in [-0.39, 0.29) is 11.9 Å². The Labute approximate surface area is 171 Å². The average molecular weight is 397 g/mol. The minimum atomic E-state index is -0.149. The van der Waals surface area contributed by atoms with Gasteiger partial charge in [-0.1, -0.05) is 35.9 Å². The molecule has 1 unspecified atom stereocenters. The van der Waals surface area contributed by atoms with E-state index in [1.807, 2.05) is 55.5 Å². The molecule has 6 heteroatoms. The summed E-state index contributed by atoms with van der Waals surface area (Å²) in [4.78, 5) is 17.1. The van der Waals surface area contributed by atoms with Crippen LogP contribution in [0.1, 0.15) is 23.6 Å². The average Bonchev–Trinajstić information content (AvgIpc) is 2.73. The molecule has 0 saturated carbocycles. The molecule has 2 aromatic rings. The number of nitriles is 1. The van der Waals surface area contributed by atoms with Gasteiger partial charge in [0.05, 0.1) is 17.7 Å². The number of hydrogen-bond donors (Lipinski definition) is 1. The maximum Gasteiger partial charge on any atom is 0.237 e. The van der Waals surface area contributed by atoms with Crippen LogP contribution in [0.5, 0.6) is 0 Å². The molecule has 1 atom stereocenters. The number of nitrogens with one attached hydrogen (secondary N) is 1. The molecule has 1 N–H and O–H groups in total. The van der Waals surface area contributed by atoms with Crippen LogP contribution in [0.25, 0.3) is 0 Å². The quantitative estimate of drug-likeness (QED) is 0.815. The fourth-order valence-corrected chi connectivity index (χ4v) is 3.48. The minimum absolute atomic E-state index is 0.0514. The molecule has 28 heavy (non-hydrogen) atoms. The van der Waals surface area contributed by atoms with Crippen LogP contribution in [0.15, 0.2) is 48.5 Å². The summed E-state index contributed by atoms with van der Waals surface area (Å²) in [5, 5.41) is 12.6. The van der Waals surface area contributed by atoms with E-state index in [1.165, 1.54) is 5.56 Å². The first-order chi connectivity index (χ1) is 13.5. The van der Waals surface area contributed by atoms with E-state index in [4.69, 9.17) is 16.9 Å². The summed E-state index contributed by atoms with van der Waals surface area (Å²) >= 11 is 5.89. The lowest BCUT2D eigenvalue weighted by Gasteiger charge is -2.37. The molecule has 0 radical (unpaired) electrons. The smallest absolute Gasteiger partial charge is 0.237 e. The third kappa shape index (κ3) is 5.56. The Morgan fingerprint density at radius 3 is 2.29 bits per heavy atom. The first kappa shape index (κ1) is 20.3. The zero-order valence-electron chi connectivity index (χ0n) is 16.1. The Balaban J connectivity index is 1.43. The SMILES string of the molecule is CC(C(=O)NCc1ccc(Cl)cc1)N1CCN(Cc2ccc(C#N)cc2)CC1. The van der Waals surface area contributed by atoms with E-state index >= 15 is 0 Å². The highest BCUT2D eigenvalue weighted by Crippen LogP contribution is 2.13. The molecule has 1 heterocycles. The third-order valence-electron chi connectivity index (χ3n) is 5.20. The molecule has 1 aliphatic rings. The molecule has 0 spiro atoms. The van der Waals surface area contributed by atoms with Gasteiger partial charge >= 0.3 is 0 Å². The van der Waals surface area contributed by atoms with Crippen molar-refractivity contribution < 1.29 is 4.79 Å². The van der Waals surface area contributed by atoms with Gasteiger partial charge in [-0.05, 0) is 42.3 Å². The highest BCUT2D eigenvalue weighted by Gasteiger charge is 2.25. The van der Waals surface area contributed by atoms with Gasteiger partial charge in [-0.2, -0.15) is 5.26 Å². The highest BCUT2D eigenvalue weighted by atomic mass is 35.5. The third-order valence-corrected chi connectivity index (χ3v) is 5.46. The van der Waals surface area contributed by atoms with E-state index < -0.39 is 0 Å². The van der Waals surface area contributed by atoms with E-state index in [0.29, 0.717) is 17.1 Å². The summed E-state index contributed by atoms with van der Waals surface area (Å²) in [6.45, 7) is 6.93. The normalized spacial score (nSPS) is 16.3. The topological polar surface area (TPSA) is 59.4 Å². The van der Waals surface area contributed by atoms with Crippen molar-refractivity contribution in [2.24, 2.45) is 0 Å². The van der Waals surface area contributed by atoms with Crippen LogP contribution in [0, 0.1) is 11.3 Å². The molecular formula is C22H25ClN4O. The van der Waals surface area contributed by atoms with Crippen LogP contribution in [-0.2, 0) is 17.9 Å². The van der Waals surface area contributed by atoms with Gasteiger partial charge in [-0.3, -0.25) is 14.6 Å². The number of carbonyl (C=O) groups excluding carboxylic acids is 1. The fourth-order valence-electron chi connectivity index (χ4n) is 3.36. The molecule has 2 aromatic carbocycles. The van der Waals surface area contributed by atoms with Gasteiger partial charge < -0.3 is 5.32 Å². The van der Waals surface area contributed by atoms with Gasteiger partial charge in [0, 0.05) is 44.3 Å². The molecule has 146 valence electrons. The van der Waals surface area contributed by atoms with E-state index in [0.717, 1.165) is 38.3 Å². The molecule has 1 aliphatic heterocycles. The predicted octanol–water partition coefficient (Wildman–Crippen LogP) is 3.03. The number of rotatable bonds is 6. The molecule has 0 aliphatic carbocycles. The van der Waals surface area contributed by atoms with Crippen LogP contribution in [0.2, 0.25) is 5.02 Å². The number of piperazine rings is 1. The van der Waals surface area contributed by atoms with Gasteiger partial charge in [0.2, 0.25) is 5.91 Å². The molecule has 1 fully saturated rings. The van der Waals surface area contributed by atoms with Gasteiger partial charge in [-0.25, -0.2) is 0 Å². The zero-order chi connectivity index (χ0) is 19.9. The molecular weight excluding hydrogens is 372 g/mol. The summed E-state index contributed by atoms with van der Waals surface area (Å²) in [5.74, 6) is 0.0514. The summed E-state index contributed by atoms with van der Waals surface area (Å²) < 4.78 is 0. The summed E-state index contributed by atoms with van der Waals surface area (Å²) in [7, 11) is 0. The van der Waals surface area contributed by atoms with Crippen LogP contribution in [-0.4, -0.2) is 47.9 Å². The Morgan fingerprint density at radius 2 is 1.68 bits per heavy atom. The van der Waals surface area contributed by atoms with Gasteiger partial charge in [0.1, 0.15) is 0 Å². The van der Waals surface area contributed by atoms with Crippen LogP contribution < -0.4 is 5.32 Å². The number of carbonyl (C=O) groups is 1. The highest BCUT2D eigenvalue weighted by molar-refractivity contribution is 6.30. The first-order valence-corrected chi connectivity index (χ1v) is 9.90. The van der Waals surface area contributed by atoms with E-state index in [9.17, 15) is 4.79 Å². The second-order valence-corrected chi connectivity index (χ2v) is 7.58. The van der Waals surface area contributed by atoms with Gasteiger partial charge in [-0.15, -0.1) is 0 Å². The number of hydrogen-bond acceptors (Lipinski definition) is 4. The van der Waals surface area contributed by atoms with Crippen molar-refractivity contribution in [2.75, 3.05) is 26.2 Å². The largest absolute Gasteiger partial charge is 0.351 e. The van der Waals surface area contributed by atoms with Crippen molar-refractivity contribution in [3.63, 3.8) is 0 Å². The molecule has 0 bridgehead atoms. The molecule has 5 nitrogen and oxygen atoms in total. The standard InChI is InChI=1S/C22H25ClN4O/c1-17(22(28)25-15-19-6-8-21(23)9-7-19)27-12-10-26(11-13-27)16-20-4-2-18(14-24)3-5-20/h2-9,17H,10-13,15-16H2,1H3,(H,25,28). The molecule has 0 aromatic heterocycles. The number of nitrogens with zero attached hydrogens (tertiary/aromatic N) is 3. The summed E-state index contributed by atoms with van der Waals surface area (Å²) in [6, 6.07) is 17.3. The monoisotopic (exact) mass is 396 g/mol. The lowest BCUT2D eigenvalue weighted by Crippen LogP contribution is -2.53. The maximum atomic E-state index is 12.5. The summed E-state index contributed by atoms with van der Waals surface area (Å²) in [5.41, 5.74) is 2.94. The Hall–Kier alpha value is -2.39. The molecule has 1 amide bonds. The van der Waals surface area contributed by atoms with Crippen molar-refractivity contribution in [3.8, 4) is 6.07 Å². The second kappa shape index (κ2) is 9.70.